The molecule has 0 saturated heterocycles. The van der Waals surface area contributed by atoms with Crippen molar-refractivity contribution >= 4 is 5.91 Å². The summed E-state index contributed by atoms with van der Waals surface area (Å²) in [7, 11) is 0. The van der Waals surface area contributed by atoms with E-state index in [1.54, 1.807) is 12.4 Å². The highest BCUT2D eigenvalue weighted by Gasteiger charge is 2.26. The van der Waals surface area contributed by atoms with Gasteiger partial charge >= 0.3 is 0 Å². The Labute approximate surface area is 116 Å². The fraction of sp³-hybridized carbons (Fsp3) is 0.600. The van der Waals surface area contributed by atoms with Gasteiger partial charge in [-0.15, -0.1) is 0 Å². The van der Waals surface area contributed by atoms with Gasteiger partial charge in [0, 0.05) is 25.0 Å². The fourth-order valence-electron chi connectivity index (χ4n) is 1.89. The molecular weight excluding hydrogens is 238 g/mol. The van der Waals surface area contributed by atoms with Crippen molar-refractivity contribution in [2.75, 3.05) is 0 Å². The molecule has 0 aromatic carbocycles. The number of carbonyl (C=O) groups excluding carboxylic acids is 1. The van der Waals surface area contributed by atoms with Crippen LogP contribution in [0.15, 0.2) is 24.5 Å². The number of amides is 1. The topological polar surface area (TPSA) is 59.2 Å². The number of carbonyl (C=O) groups is 1. The monoisotopic (exact) mass is 263 g/mol. The maximum absolute atomic E-state index is 12.5. The van der Waals surface area contributed by atoms with Gasteiger partial charge < -0.3 is 10.6 Å². The smallest absolute Gasteiger partial charge is 0.240 e. The maximum atomic E-state index is 12.5. The van der Waals surface area contributed by atoms with Crippen LogP contribution in [0.1, 0.15) is 39.7 Å². The Balaban J connectivity index is 2.80. The van der Waals surface area contributed by atoms with Crippen molar-refractivity contribution in [2.45, 2.75) is 52.7 Å². The third kappa shape index (κ3) is 4.31. The van der Waals surface area contributed by atoms with Crippen molar-refractivity contribution in [1.29, 1.82) is 0 Å². The summed E-state index contributed by atoms with van der Waals surface area (Å²) in [4.78, 5) is 18.4. The lowest BCUT2D eigenvalue weighted by Gasteiger charge is -2.31. The first kappa shape index (κ1) is 15.6. The van der Waals surface area contributed by atoms with Crippen LogP contribution in [0.5, 0.6) is 0 Å². The Morgan fingerprint density at radius 1 is 1.42 bits per heavy atom. The summed E-state index contributed by atoms with van der Waals surface area (Å²) in [5.41, 5.74) is 7.09. The Hall–Kier alpha value is -1.42. The van der Waals surface area contributed by atoms with Gasteiger partial charge in [0.05, 0.1) is 6.04 Å². The molecular formula is C15H25N3O. The van der Waals surface area contributed by atoms with Crippen LogP contribution in [0.25, 0.3) is 0 Å². The second-order valence-corrected chi connectivity index (χ2v) is 5.33. The highest BCUT2D eigenvalue weighted by molar-refractivity contribution is 5.82. The zero-order valence-corrected chi connectivity index (χ0v) is 12.3. The van der Waals surface area contributed by atoms with Crippen LogP contribution in [0.3, 0.4) is 0 Å². The van der Waals surface area contributed by atoms with E-state index in [4.69, 9.17) is 5.73 Å². The molecule has 4 heteroatoms. The molecule has 4 nitrogen and oxygen atoms in total. The first-order valence-electron chi connectivity index (χ1n) is 6.92. The van der Waals surface area contributed by atoms with Crippen LogP contribution < -0.4 is 5.73 Å². The molecule has 0 aliphatic heterocycles. The summed E-state index contributed by atoms with van der Waals surface area (Å²) >= 11 is 0. The third-order valence-corrected chi connectivity index (χ3v) is 3.52. The molecule has 1 aromatic heterocycles. The highest BCUT2D eigenvalue weighted by Crippen LogP contribution is 2.13. The molecule has 0 saturated carbocycles. The normalized spacial score (nSPS) is 14.2. The van der Waals surface area contributed by atoms with Gasteiger partial charge in [-0.1, -0.05) is 26.3 Å². The highest BCUT2D eigenvalue weighted by atomic mass is 16.2. The quantitative estimate of drug-likeness (QED) is 0.856. The van der Waals surface area contributed by atoms with Gasteiger partial charge in [-0.05, 0) is 31.4 Å². The molecule has 0 radical (unpaired) electrons. The average molecular weight is 263 g/mol. The summed E-state index contributed by atoms with van der Waals surface area (Å²) in [6.45, 7) is 8.66. The number of aromatic nitrogens is 1. The van der Waals surface area contributed by atoms with Gasteiger partial charge in [0.2, 0.25) is 5.91 Å². The van der Waals surface area contributed by atoms with E-state index >= 15 is 0 Å². The summed E-state index contributed by atoms with van der Waals surface area (Å²) in [5.74, 6) is 0.218. The molecule has 106 valence electrons. The minimum Gasteiger partial charge on any atom is -0.335 e. The van der Waals surface area contributed by atoms with Crippen molar-refractivity contribution in [3.63, 3.8) is 0 Å². The summed E-state index contributed by atoms with van der Waals surface area (Å²) in [6.07, 6.45) is 4.43. The van der Waals surface area contributed by atoms with Crippen LogP contribution in [0, 0.1) is 5.92 Å². The molecule has 0 aliphatic rings. The van der Waals surface area contributed by atoms with E-state index in [9.17, 15) is 4.79 Å². The van der Waals surface area contributed by atoms with Crippen molar-refractivity contribution in [2.24, 2.45) is 11.7 Å². The first-order chi connectivity index (χ1) is 8.97. The Bertz CT molecular complexity index is 392. The minimum atomic E-state index is -0.427. The molecule has 1 heterocycles. The number of nitrogens with zero attached hydrogens (tertiary/aromatic N) is 2. The van der Waals surface area contributed by atoms with Crippen molar-refractivity contribution < 1.29 is 4.79 Å². The Morgan fingerprint density at radius 2 is 2.11 bits per heavy atom. The zero-order valence-electron chi connectivity index (χ0n) is 12.3. The molecule has 2 atom stereocenters. The molecule has 0 fully saturated rings. The van der Waals surface area contributed by atoms with Gasteiger partial charge in [0.25, 0.3) is 0 Å². The van der Waals surface area contributed by atoms with E-state index in [1.165, 1.54) is 0 Å². The largest absolute Gasteiger partial charge is 0.335 e. The van der Waals surface area contributed by atoms with Crippen molar-refractivity contribution in [3.05, 3.63) is 30.1 Å². The van der Waals surface area contributed by atoms with E-state index in [-0.39, 0.29) is 17.9 Å². The Kier molecular flexibility index (Phi) is 5.96. The summed E-state index contributed by atoms with van der Waals surface area (Å²) < 4.78 is 0. The van der Waals surface area contributed by atoms with Gasteiger partial charge in [0.15, 0.2) is 0 Å². The second kappa shape index (κ2) is 7.24. The predicted octanol–water partition coefficient (Wildman–Crippen LogP) is 2.19. The molecule has 1 amide bonds. The molecule has 1 rings (SSSR count). The molecule has 0 spiro atoms. The lowest BCUT2D eigenvalue weighted by molar-refractivity contribution is -0.136. The SMILES string of the molecule is CCC(C)C(N)C(=O)N(Cc1cccnc1)C(C)C. The zero-order chi connectivity index (χ0) is 14.4. The van der Waals surface area contributed by atoms with E-state index in [0.717, 1.165) is 12.0 Å². The van der Waals surface area contributed by atoms with Crippen LogP contribution in [0.2, 0.25) is 0 Å². The Morgan fingerprint density at radius 3 is 2.58 bits per heavy atom. The van der Waals surface area contributed by atoms with E-state index < -0.39 is 6.04 Å². The first-order valence-corrected chi connectivity index (χ1v) is 6.92. The summed E-state index contributed by atoms with van der Waals surface area (Å²) in [6, 6.07) is 3.56. The predicted molar refractivity (Wildman–Crippen MR) is 77.4 cm³/mol. The third-order valence-electron chi connectivity index (χ3n) is 3.52. The van der Waals surface area contributed by atoms with Gasteiger partial charge in [-0.3, -0.25) is 9.78 Å². The number of hydrogen-bond donors (Lipinski definition) is 1. The lowest BCUT2D eigenvalue weighted by Crippen LogP contribution is -2.49. The maximum Gasteiger partial charge on any atom is 0.240 e. The van der Waals surface area contributed by atoms with Crippen molar-refractivity contribution in [3.8, 4) is 0 Å². The molecule has 2 unspecified atom stereocenters. The molecule has 0 aliphatic carbocycles. The van der Waals surface area contributed by atoms with Crippen LogP contribution in [-0.2, 0) is 11.3 Å². The minimum absolute atomic E-state index is 0.0215. The van der Waals surface area contributed by atoms with Crippen LogP contribution >= 0.6 is 0 Å². The van der Waals surface area contributed by atoms with Gasteiger partial charge in [-0.25, -0.2) is 0 Å². The molecule has 2 N–H and O–H groups in total. The van der Waals surface area contributed by atoms with E-state index in [1.807, 2.05) is 37.8 Å². The standard InChI is InChI=1S/C15H25N3O/c1-5-12(4)14(16)15(19)18(11(2)3)10-13-7-6-8-17-9-13/h6-9,11-12,14H,5,10,16H2,1-4H3. The van der Waals surface area contributed by atoms with Gasteiger partial charge in [-0.2, -0.15) is 0 Å². The number of hydrogen-bond acceptors (Lipinski definition) is 3. The number of pyridine rings is 1. The average Bonchev–Trinajstić information content (AvgIpc) is 2.43. The number of rotatable bonds is 6. The molecule has 0 bridgehead atoms. The van der Waals surface area contributed by atoms with Crippen molar-refractivity contribution in [1.82, 2.24) is 9.88 Å². The molecule has 1 aromatic rings. The number of nitrogens with two attached hydrogens (primary N) is 1. The molecule has 19 heavy (non-hydrogen) atoms. The summed E-state index contributed by atoms with van der Waals surface area (Å²) in [5, 5.41) is 0. The van der Waals surface area contributed by atoms with E-state index in [2.05, 4.69) is 11.9 Å². The van der Waals surface area contributed by atoms with Crippen LogP contribution in [-0.4, -0.2) is 27.9 Å². The van der Waals surface area contributed by atoms with Gasteiger partial charge in [0.1, 0.15) is 0 Å². The van der Waals surface area contributed by atoms with E-state index in [0.29, 0.717) is 6.54 Å². The fourth-order valence-corrected chi connectivity index (χ4v) is 1.89. The second-order valence-electron chi connectivity index (χ2n) is 5.33. The van der Waals surface area contributed by atoms with Crippen LogP contribution in [0.4, 0.5) is 0 Å². The lowest BCUT2D eigenvalue weighted by atomic mass is 9.98.